The van der Waals surface area contributed by atoms with Gasteiger partial charge in [0.15, 0.2) is 11.2 Å². The van der Waals surface area contributed by atoms with Gasteiger partial charge in [-0.1, -0.05) is 44.5 Å². The Kier molecular flexibility index (Phi) is 5.75. The van der Waals surface area contributed by atoms with E-state index < -0.39 is 5.56 Å². The molecule has 3 aromatic rings. The lowest BCUT2D eigenvalue weighted by atomic mass is 10.2. The van der Waals surface area contributed by atoms with Crippen LogP contribution in [0.2, 0.25) is 5.02 Å². The third kappa shape index (κ3) is 3.67. The topological polar surface area (TPSA) is 69.8 Å². The first-order valence-corrected chi connectivity index (χ1v) is 9.65. The van der Waals surface area contributed by atoms with Crippen LogP contribution in [0.4, 0.5) is 0 Å². The Morgan fingerprint density at radius 1 is 0.926 bits per heavy atom. The molecule has 27 heavy (non-hydrogen) atoms. The van der Waals surface area contributed by atoms with Gasteiger partial charge in [-0.25, -0.2) is 14.8 Å². The van der Waals surface area contributed by atoms with Crippen LogP contribution in [0.5, 0.6) is 0 Å². The number of hydrogen-bond donors (Lipinski definition) is 0. The third-order valence-corrected chi connectivity index (χ3v) is 4.82. The van der Waals surface area contributed by atoms with Gasteiger partial charge in [-0.15, -0.1) is 0 Å². The fraction of sp³-hybridized carbons (Fsp3) is 0.400. The maximum absolute atomic E-state index is 13.1. The summed E-state index contributed by atoms with van der Waals surface area (Å²) in [6.45, 7) is 6.64. The molecule has 0 saturated heterocycles. The number of benzene rings is 1. The molecule has 0 aliphatic rings. The fourth-order valence-corrected chi connectivity index (χ4v) is 3.31. The first kappa shape index (κ1) is 19.3. The summed E-state index contributed by atoms with van der Waals surface area (Å²) in [6, 6.07) is 7.12. The second-order valence-corrected chi connectivity index (χ2v) is 6.88. The van der Waals surface area contributed by atoms with Crippen molar-refractivity contribution in [2.75, 3.05) is 0 Å². The van der Waals surface area contributed by atoms with Crippen molar-refractivity contribution in [1.29, 1.82) is 0 Å². The molecule has 0 amide bonds. The highest BCUT2D eigenvalue weighted by Crippen LogP contribution is 2.13. The Hall–Kier alpha value is -2.47. The molecule has 0 unspecified atom stereocenters. The Morgan fingerprint density at radius 3 is 2.15 bits per heavy atom. The summed E-state index contributed by atoms with van der Waals surface area (Å²) in [5, 5.41) is 0.610. The number of aromatic nitrogens is 4. The van der Waals surface area contributed by atoms with Crippen LogP contribution in [0.3, 0.4) is 0 Å². The monoisotopic (exact) mass is 386 g/mol. The summed E-state index contributed by atoms with van der Waals surface area (Å²) in [6.07, 6.45) is 2.16. The zero-order chi connectivity index (χ0) is 19.6. The van der Waals surface area contributed by atoms with Crippen LogP contribution in [0, 0.1) is 0 Å². The summed E-state index contributed by atoms with van der Waals surface area (Å²) in [4.78, 5) is 35.3. The molecule has 2 aromatic heterocycles. The normalized spacial score (nSPS) is 11.3. The number of nitrogens with zero attached hydrogens (tertiary/aromatic N) is 4. The van der Waals surface area contributed by atoms with Crippen LogP contribution in [0.1, 0.15) is 44.1 Å². The summed E-state index contributed by atoms with van der Waals surface area (Å²) in [5.74, 6) is 0. The predicted molar refractivity (Wildman–Crippen MR) is 108 cm³/mol. The van der Waals surface area contributed by atoms with Gasteiger partial charge in [0, 0.05) is 11.6 Å². The van der Waals surface area contributed by atoms with Crippen molar-refractivity contribution in [3.8, 4) is 0 Å². The third-order valence-electron chi connectivity index (χ3n) is 4.57. The summed E-state index contributed by atoms with van der Waals surface area (Å²) in [7, 11) is 0. The molecule has 1 aromatic carbocycles. The van der Waals surface area contributed by atoms with E-state index in [0.717, 1.165) is 23.4 Å². The van der Waals surface area contributed by atoms with E-state index in [1.165, 1.54) is 4.57 Å². The predicted octanol–water partition coefficient (Wildman–Crippen LogP) is 3.19. The van der Waals surface area contributed by atoms with E-state index in [0.29, 0.717) is 30.1 Å². The van der Waals surface area contributed by atoms with Gasteiger partial charge in [0.1, 0.15) is 0 Å². The molecule has 0 saturated carbocycles. The van der Waals surface area contributed by atoms with Gasteiger partial charge in [-0.3, -0.25) is 13.9 Å². The van der Waals surface area contributed by atoms with E-state index in [2.05, 4.69) is 9.97 Å². The lowest BCUT2D eigenvalue weighted by Crippen LogP contribution is -2.41. The maximum atomic E-state index is 13.1. The van der Waals surface area contributed by atoms with Crippen LogP contribution in [-0.2, 0) is 25.9 Å². The largest absolute Gasteiger partial charge is 0.333 e. The molecule has 142 valence electrons. The zero-order valence-electron chi connectivity index (χ0n) is 15.8. The summed E-state index contributed by atoms with van der Waals surface area (Å²) in [5.41, 5.74) is 2.35. The zero-order valence-corrected chi connectivity index (χ0v) is 16.6. The van der Waals surface area contributed by atoms with E-state index in [1.807, 2.05) is 32.9 Å². The molecule has 0 aliphatic carbocycles. The van der Waals surface area contributed by atoms with E-state index >= 15 is 0 Å². The van der Waals surface area contributed by atoms with Crippen LogP contribution in [-0.4, -0.2) is 19.1 Å². The average molecular weight is 387 g/mol. The smallest absolute Gasteiger partial charge is 0.276 e. The minimum absolute atomic E-state index is 0.174. The van der Waals surface area contributed by atoms with Crippen molar-refractivity contribution in [1.82, 2.24) is 19.1 Å². The highest BCUT2D eigenvalue weighted by Gasteiger charge is 2.18. The Labute approximate surface area is 162 Å². The molecule has 0 spiro atoms. The number of halogens is 1. The minimum Gasteiger partial charge on any atom is -0.276 e. The van der Waals surface area contributed by atoms with Crippen molar-refractivity contribution >= 4 is 22.8 Å². The first-order chi connectivity index (χ1) is 13.0. The minimum atomic E-state index is -0.401. The molecule has 0 radical (unpaired) electrons. The lowest BCUT2D eigenvalue weighted by Gasteiger charge is -2.14. The van der Waals surface area contributed by atoms with Gasteiger partial charge in [0.2, 0.25) is 0 Å². The SMILES string of the molecule is CCCn1c(=O)n(Cc2ccc(Cl)cc2)c(=O)c2nc(CC)c(CC)nc21. The van der Waals surface area contributed by atoms with Crippen molar-refractivity contribution < 1.29 is 0 Å². The average Bonchev–Trinajstić information content (AvgIpc) is 2.68. The van der Waals surface area contributed by atoms with E-state index in [4.69, 9.17) is 11.6 Å². The second-order valence-electron chi connectivity index (χ2n) is 6.45. The van der Waals surface area contributed by atoms with Gasteiger partial charge in [-0.2, -0.15) is 0 Å². The molecule has 0 aliphatic heterocycles. The van der Waals surface area contributed by atoms with Gasteiger partial charge in [-0.05, 0) is 37.0 Å². The van der Waals surface area contributed by atoms with E-state index in [1.54, 1.807) is 16.7 Å². The second kappa shape index (κ2) is 8.05. The summed E-state index contributed by atoms with van der Waals surface area (Å²) < 4.78 is 2.80. The molecule has 6 nitrogen and oxygen atoms in total. The van der Waals surface area contributed by atoms with Gasteiger partial charge >= 0.3 is 5.69 Å². The van der Waals surface area contributed by atoms with Gasteiger partial charge < -0.3 is 0 Å². The number of aryl methyl sites for hydroxylation is 3. The fourth-order valence-electron chi connectivity index (χ4n) is 3.18. The number of fused-ring (bicyclic) bond motifs is 1. The maximum Gasteiger partial charge on any atom is 0.333 e. The molecule has 7 heteroatoms. The molecule has 0 bridgehead atoms. The highest BCUT2D eigenvalue weighted by atomic mass is 35.5. The molecular formula is C20H23ClN4O2. The lowest BCUT2D eigenvalue weighted by molar-refractivity contribution is 0.585. The van der Waals surface area contributed by atoms with Crippen molar-refractivity contribution in [3.05, 3.63) is 67.1 Å². The molecule has 3 rings (SSSR count). The molecule has 0 N–H and O–H groups in total. The number of hydrogen-bond acceptors (Lipinski definition) is 4. The molecule has 2 heterocycles. The highest BCUT2D eigenvalue weighted by molar-refractivity contribution is 6.30. The van der Waals surface area contributed by atoms with Crippen LogP contribution in [0.25, 0.3) is 11.2 Å². The van der Waals surface area contributed by atoms with Crippen LogP contribution < -0.4 is 11.2 Å². The molecular weight excluding hydrogens is 364 g/mol. The van der Waals surface area contributed by atoms with Crippen LogP contribution >= 0.6 is 11.6 Å². The Bertz CT molecular complexity index is 1080. The standard InChI is InChI=1S/C20H23ClN4O2/c1-4-11-24-18-17(22-15(5-2)16(6-3)23-18)19(26)25(20(24)27)12-13-7-9-14(21)10-8-13/h7-10H,4-6,11-12H2,1-3H3. The first-order valence-electron chi connectivity index (χ1n) is 9.27. The summed E-state index contributed by atoms with van der Waals surface area (Å²) >= 11 is 5.93. The van der Waals surface area contributed by atoms with Crippen molar-refractivity contribution in [2.24, 2.45) is 0 Å². The molecule has 0 atom stereocenters. The Balaban J connectivity index is 2.29. The van der Waals surface area contributed by atoms with Crippen molar-refractivity contribution in [2.45, 2.75) is 53.1 Å². The molecule has 0 fully saturated rings. The van der Waals surface area contributed by atoms with E-state index in [9.17, 15) is 9.59 Å². The van der Waals surface area contributed by atoms with Gasteiger partial charge in [0.05, 0.1) is 17.9 Å². The Morgan fingerprint density at radius 2 is 1.56 bits per heavy atom. The van der Waals surface area contributed by atoms with Gasteiger partial charge in [0.25, 0.3) is 5.56 Å². The number of rotatable bonds is 6. The van der Waals surface area contributed by atoms with E-state index in [-0.39, 0.29) is 17.8 Å². The van der Waals surface area contributed by atoms with Crippen LogP contribution in [0.15, 0.2) is 33.9 Å². The van der Waals surface area contributed by atoms with Crippen molar-refractivity contribution in [3.63, 3.8) is 0 Å². The quantitative estimate of drug-likeness (QED) is 0.652.